The van der Waals surface area contributed by atoms with Gasteiger partial charge in [-0.2, -0.15) is 5.26 Å². The SMILES string of the molecule is N#Cc1ccccc1S(=O)(=O)Nc1cnc(Oc2cc3ccccc3cn2)c(Cl)c1. The molecule has 4 aromatic rings. The Morgan fingerprint density at radius 2 is 1.70 bits per heavy atom. The van der Waals surface area contributed by atoms with Crippen LogP contribution in [0.1, 0.15) is 5.56 Å². The fraction of sp³-hybridized carbons (Fsp3) is 0. The van der Waals surface area contributed by atoms with E-state index in [1.807, 2.05) is 30.3 Å². The number of pyridine rings is 2. The molecular formula is C21H13ClN4O3S. The van der Waals surface area contributed by atoms with Gasteiger partial charge in [-0.15, -0.1) is 0 Å². The van der Waals surface area contributed by atoms with Crippen LogP contribution in [-0.4, -0.2) is 18.4 Å². The molecule has 0 saturated heterocycles. The summed E-state index contributed by atoms with van der Waals surface area (Å²) in [6, 6.07) is 18.6. The highest BCUT2D eigenvalue weighted by molar-refractivity contribution is 7.92. The fourth-order valence-corrected chi connectivity index (χ4v) is 4.18. The third kappa shape index (κ3) is 4.03. The summed E-state index contributed by atoms with van der Waals surface area (Å²) in [6.45, 7) is 0. The molecule has 0 aliphatic rings. The molecule has 0 unspecified atom stereocenters. The van der Waals surface area contributed by atoms with Crippen molar-refractivity contribution in [3.05, 3.63) is 83.6 Å². The average Bonchev–Trinajstić information content (AvgIpc) is 2.75. The Hall–Kier alpha value is -3.67. The lowest BCUT2D eigenvalue weighted by Gasteiger charge is -2.11. The van der Waals surface area contributed by atoms with Gasteiger partial charge in [0.25, 0.3) is 10.0 Å². The summed E-state index contributed by atoms with van der Waals surface area (Å²) in [7, 11) is -3.99. The van der Waals surface area contributed by atoms with E-state index >= 15 is 0 Å². The largest absolute Gasteiger partial charge is 0.419 e. The molecule has 30 heavy (non-hydrogen) atoms. The van der Waals surface area contributed by atoms with Gasteiger partial charge in [-0.25, -0.2) is 18.4 Å². The van der Waals surface area contributed by atoms with Crippen LogP contribution in [0.25, 0.3) is 10.8 Å². The van der Waals surface area contributed by atoms with Gasteiger partial charge in [0.15, 0.2) is 0 Å². The van der Waals surface area contributed by atoms with Crippen LogP contribution in [-0.2, 0) is 10.0 Å². The number of benzene rings is 2. The van der Waals surface area contributed by atoms with Crippen LogP contribution in [0.5, 0.6) is 11.8 Å². The van der Waals surface area contributed by atoms with Gasteiger partial charge in [0.2, 0.25) is 11.8 Å². The third-order valence-corrected chi connectivity index (χ3v) is 5.87. The first kappa shape index (κ1) is 19.6. The Morgan fingerprint density at radius 1 is 0.967 bits per heavy atom. The molecule has 0 amide bonds. The molecule has 2 heterocycles. The standard InChI is InChI=1S/C21H13ClN4O3S/c22-18-10-17(26-30(27,28)19-8-4-3-6-15(19)11-23)13-25-21(18)29-20-9-14-5-1-2-7-16(14)12-24-20/h1-10,12-13,26H. The zero-order chi connectivity index (χ0) is 21.1. The lowest BCUT2D eigenvalue weighted by Crippen LogP contribution is -2.14. The number of nitrogens with one attached hydrogen (secondary N) is 1. The predicted molar refractivity (Wildman–Crippen MR) is 113 cm³/mol. The second-order valence-electron chi connectivity index (χ2n) is 6.20. The summed E-state index contributed by atoms with van der Waals surface area (Å²) >= 11 is 6.23. The molecule has 9 heteroatoms. The Balaban J connectivity index is 1.57. The first-order chi connectivity index (χ1) is 14.5. The summed E-state index contributed by atoms with van der Waals surface area (Å²) in [5, 5.41) is 11.1. The molecular weight excluding hydrogens is 424 g/mol. The zero-order valence-electron chi connectivity index (χ0n) is 15.3. The number of aromatic nitrogens is 2. The van der Waals surface area contributed by atoms with Gasteiger partial charge in [-0.05, 0) is 23.6 Å². The summed E-state index contributed by atoms with van der Waals surface area (Å²) in [6.07, 6.45) is 2.95. The number of ether oxygens (including phenoxy) is 1. The molecule has 0 aliphatic heterocycles. The van der Waals surface area contributed by atoms with E-state index in [0.717, 1.165) is 10.8 Å². The van der Waals surface area contributed by atoms with Crippen molar-refractivity contribution in [2.45, 2.75) is 4.90 Å². The monoisotopic (exact) mass is 436 g/mol. The fourth-order valence-electron chi connectivity index (χ4n) is 2.78. The molecule has 0 fully saturated rings. The molecule has 2 aromatic heterocycles. The highest BCUT2D eigenvalue weighted by Gasteiger charge is 2.19. The Morgan fingerprint density at radius 3 is 2.47 bits per heavy atom. The lowest BCUT2D eigenvalue weighted by molar-refractivity contribution is 0.446. The number of fused-ring (bicyclic) bond motifs is 1. The number of nitrogens with zero attached hydrogens (tertiary/aromatic N) is 3. The van der Waals surface area contributed by atoms with E-state index in [4.69, 9.17) is 21.6 Å². The van der Waals surface area contributed by atoms with Crippen molar-refractivity contribution in [3.8, 4) is 17.8 Å². The summed E-state index contributed by atoms with van der Waals surface area (Å²) in [4.78, 5) is 8.17. The van der Waals surface area contributed by atoms with E-state index in [1.54, 1.807) is 18.3 Å². The number of sulfonamides is 1. The van der Waals surface area contributed by atoms with Crippen molar-refractivity contribution >= 4 is 38.1 Å². The predicted octanol–water partition coefficient (Wildman–Crippen LogP) is 4.75. The second kappa shape index (κ2) is 7.99. The van der Waals surface area contributed by atoms with Gasteiger partial charge < -0.3 is 4.74 Å². The maximum atomic E-state index is 12.6. The van der Waals surface area contributed by atoms with Gasteiger partial charge in [-0.3, -0.25) is 4.72 Å². The van der Waals surface area contributed by atoms with E-state index in [0.29, 0.717) is 5.88 Å². The highest BCUT2D eigenvalue weighted by Crippen LogP contribution is 2.30. The summed E-state index contributed by atoms with van der Waals surface area (Å²) < 4.78 is 33.3. The van der Waals surface area contributed by atoms with Crippen LogP contribution in [0.15, 0.2) is 78.0 Å². The van der Waals surface area contributed by atoms with Crippen LogP contribution in [0.4, 0.5) is 5.69 Å². The maximum Gasteiger partial charge on any atom is 0.263 e. The van der Waals surface area contributed by atoms with Gasteiger partial charge in [0, 0.05) is 17.6 Å². The third-order valence-electron chi connectivity index (χ3n) is 4.16. The summed E-state index contributed by atoms with van der Waals surface area (Å²) in [5.74, 6) is 0.388. The molecule has 2 aromatic carbocycles. The highest BCUT2D eigenvalue weighted by atomic mass is 35.5. The van der Waals surface area contributed by atoms with Crippen molar-refractivity contribution in [2.24, 2.45) is 0 Å². The van der Waals surface area contributed by atoms with Crippen molar-refractivity contribution < 1.29 is 13.2 Å². The van der Waals surface area contributed by atoms with E-state index < -0.39 is 10.0 Å². The van der Waals surface area contributed by atoms with Crippen molar-refractivity contribution in [1.82, 2.24) is 9.97 Å². The molecule has 0 spiro atoms. The van der Waals surface area contributed by atoms with E-state index in [9.17, 15) is 8.42 Å². The molecule has 7 nitrogen and oxygen atoms in total. The quantitative estimate of drug-likeness (QED) is 0.484. The van der Waals surface area contributed by atoms with Gasteiger partial charge in [0.1, 0.15) is 16.0 Å². The minimum atomic E-state index is -3.99. The van der Waals surface area contributed by atoms with Crippen LogP contribution >= 0.6 is 11.6 Å². The first-order valence-electron chi connectivity index (χ1n) is 8.66. The number of anilines is 1. The average molecular weight is 437 g/mol. The normalized spacial score (nSPS) is 11.1. The first-order valence-corrected chi connectivity index (χ1v) is 10.5. The van der Waals surface area contributed by atoms with E-state index in [-0.39, 0.29) is 27.0 Å². The number of rotatable bonds is 5. The molecule has 0 radical (unpaired) electrons. The van der Waals surface area contributed by atoms with E-state index in [2.05, 4.69) is 14.7 Å². The zero-order valence-corrected chi connectivity index (χ0v) is 16.9. The number of hydrogen-bond donors (Lipinski definition) is 1. The second-order valence-corrected chi connectivity index (χ2v) is 8.25. The van der Waals surface area contributed by atoms with Gasteiger partial charge in [0.05, 0.1) is 17.4 Å². The smallest absolute Gasteiger partial charge is 0.263 e. The van der Waals surface area contributed by atoms with Gasteiger partial charge in [-0.1, -0.05) is 48.0 Å². The molecule has 0 bridgehead atoms. The molecule has 148 valence electrons. The van der Waals surface area contributed by atoms with Crippen molar-refractivity contribution in [1.29, 1.82) is 5.26 Å². The topological polar surface area (TPSA) is 105 Å². The van der Waals surface area contributed by atoms with Crippen LogP contribution in [0, 0.1) is 11.3 Å². The number of hydrogen-bond acceptors (Lipinski definition) is 6. The molecule has 0 saturated carbocycles. The van der Waals surface area contributed by atoms with Crippen LogP contribution < -0.4 is 9.46 Å². The van der Waals surface area contributed by atoms with E-state index in [1.165, 1.54) is 30.5 Å². The summed E-state index contributed by atoms with van der Waals surface area (Å²) in [5.41, 5.74) is 0.165. The lowest BCUT2D eigenvalue weighted by atomic mass is 10.2. The molecule has 1 N–H and O–H groups in total. The van der Waals surface area contributed by atoms with Gasteiger partial charge >= 0.3 is 0 Å². The Kier molecular flexibility index (Phi) is 5.23. The minimum Gasteiger partial charge on any atom is -0.419 e. The van der Waals surface area contributed by atoms with Crippen LogP contribution in [0.3, 0.4) is 0 Å². The Labute approximate surface area is 177 Å². The minimum absolute atomic E-state index is 0.0337. The Bertz CT molecular complexity index is 1400. The van der Waals surface area contributed by atoms with Crippen molar-refractivity contribution in [3.63, 3.8) is 0 Å². The van der Waals surface area contributed by atoms with Crippen LogP contribution in [0.2, 0.25) is 5.02 Å². The maximum absolute atomic E-state index is 12.6. The molecule has 4 rings (SSSR count). The molecule has 0 atom stereocenters. The molecule has 0 aliphatic carbocycles. The number of halogens is 1. The van der Waals surface area contributed by atoms with Crippen molar-refractivity contribution in [2.75, 3.05) is 4.72 Å². The number of nitriles is 1.